The molecule has 0 amide bonds. The van der Waals surface area contributed by atoms with Crippen LogP contribution in [0.25, 0.3) is 6.08 Å². The third-order valence-corrected chi connectivity index (χ3v) is 8.33. The summed E-state index contributed by atoms with van der Waals surface area (Å²) in [6.45, 7) is 2.05. The number of aromatic hydroxyl groups is 1. The number of aliphatic hydroxyl groups excluding tert-OH is 1. The highest BCUT2D eigenvalue weighted by Gasteiger charge is 2.29. The van der Waals surface area contributed by atoms with Gasteiger partial charge in [-0.3, -0.25) is 0 Å². The van der Waals surface area contributed by atoms with E-state index in [1.807, 2.05) is 6.08 Å². The van der Waals surface area contributed by atoms with Gasteiger partial charge >= 0.3 is 0 Å². The Morgan fingerprint density at radius 3 is 1.94 bits per heavy atom. The molecule has 2 aliphatic rings. The second kappa shape index (κ2) is 11.8. The van der Waals surface area contributed by atoms with E-state index < -0.39 is 29.0 Å². The third-order valence-electron chi connectivity index (χ3n) is 8.33. The lowest BCUT2D eigenvalue weighted by Crippen LogP contribution is -2.25. The Labute approximate surface area is 211 Å². The number of benzene rings is 2. The van der Waals surface area contributed by atoms with Crippen LogP contribution >= 0.6 is 0 Å². The molecule has 36 heavy (non-hydrogen) atoms. The van der Waals surface area contributed by atoms with Crippen molar-refractivity contribution in [3.05, 3.63) is 70.3 Å². The van der Waals surface area contributed by atoms with Crippen LogP contribution in [0.3, 0.4) is 0 Å². The predicted molar refractivity (Wildman–Crippen MR) is 134 cm³/mol. The maximum atomic E-state index is 15.0. The van der Waals surface area contributed by atoms with Gasteiger partial charge in [-0.25, -0.2) is 13.2 Å². The molecule has 196 valence electrons. The average molecular weight is 505 g/mol. The SMILES string of the molecule is CCCC(O)C1CCC(c2ccc(/C=C/C3CCC(c4ccc(O)c(F)c4F)CC3)c(F)c2F)CC1. The van der Waals surface area contributed by atoms with E-state index in [0.29, 0.717) is 18.4 Å². The monoisotopic (exact) mass is 504 g/mol. The van der Waals surface area contributed by atoms with E-state index in [1.54, 1.807) is 18.2 Å². The quantitative estimate of drug-likeness (QED) is 0.372. The fraction of sp³-hybridized carbons (Fsp3) is 0.533. The molecule has 2 saturated carbocycles. The second-order valence-corrected chi connectivity index (χ2v) is 10.6. The van der Waals surface area contributed by atoms with Crippen molar-refractivity contribution in [2.75, 3.05) is 0 Å². The fourth-order valence-electron chi connectivity index (χ4n) is 6.10. The minimum absolute atomic E-state index is 0.0250. The van der Waals surface area contributed by atoms with Gasteiger partial charge in [0.15, 0.2) is 23.2 Å². The van der Waals surface area contributed by atoms with Crippen LogP contribution in [0.2, 0.25) is 0 Å². The molecule has 1 unspecified atom stereocenters. The number of phenols is 1. The van der Waals surface area contributed by atoms with Crippen molar-refractivity contribution in [3.8, 4) is 5.75 Å². The van der Waals surface area contributed by atoms with Crippen LogP contribution in [-0.4, -0.2) is 16.3 Å². The van der Waals surface area contributed by atoms with Crippen LogP contribution in [0.15, 0.2) is 30.3 Å². The maximum absolute atomic E-state index is 15.0. The molecule has 2 fully saturated rings. The Kier molecular flexibility index (Phi) is 8.76. The minimum atomic E-state index is -1.21. The van der Waals surface area contributed by atoms with Crippen molar-refractivity contribution in [1.29, 1.82) is 0 Å². The highest BCUT2D eigenvalue weighted by atomic mass is 19.2. The first-order valence-corrected chi connectivity index (χ1v) is 13.3. The number of allylic oxidation sites excluding steroid dienone is 1. The van der Waals surface area contributed by atoms with E-state index >= 15 is 0 Å². The van der Waals surface area contributed by atoms with Gasteiger partial charge in [0.05, 0.1) is 6.10 Å². The van der Waals surface area contributed by atoms with E-state index in [1.165, 1.54) is 12.1 Å². The summed E-state index contributed by atoms with van der Waals surface area (Å²) in [6.07, 6.45) is 10.9. The van der Waals surface area contributed by atoms with Crippen LogP contribution in [-0.2, 0) is 0 Å². The summed E-state index contributed by atoms with van der Waals surface area (Å²) >= 11 is 0. The molecule has 0 bridgehead atoms. The number of hydrogen-bond donors (Lipinski definition) is 2. The van der Waals surface area contributed by atoms with Crippen molar-refractivity contribution < 1.29 is 27.8 Å². The van der Waals surface area contributed by atoms with Crippen LogP contribution < -0.4 is 0 Å². The second-order valence-electron chi connectivity index (χ2n) is 10.6. The van der Waals surface area contributed by atoms with Gasteiger partial charge < -0.3 is 10.2 Å². The number of aliphatic hydroxyl groups is 1. The molecular weight excluding hydrogens is 468 g/mol. The van der Waals surface area contributed by atoms with E-state index in [4.69, 9.17) is 0 Å². The zero-order chi connectivity index (χ0) is 25.8. The normalized spacial score (nSPS) is 25.8. The van der Waals surface area contributed by atoms with Crippen molar-refractivity contribution >= 4 is 6.08 Å². The van der Waals surface area contributed by atoms with Crippen LogP contribution in [0.5, 0.6) is 5.75 Å². The molecule has 2 nitrogen and oxygen atoms in total. The molecule has 6 heteroatoms. The highest BCUT2D eigenvalue weighted by Crippen LogP contribution is 2.41. The van der Waals surface area contributed by atoms with E-state index in [-0.39, 0.29) is 40.9 Å². The summed E-state index contributed by atoms with van der Waals surface area (Å²) in [5.74, 6) is -4.24. The smallest absolute Gasteiger partial charge is 0.200 e. The summed E-state index contributed by atoms with van der Waals surface area (Å²) in [7, 11) is 0. The Morgan fingerprint density at radius 2 is 1.33 bits per heavy atom. The zero-order valence-electron chi connectivity index (χ0n) is 20.8. The minimum Gasteiger partial charge on any atom is -0.505 e. The lowest BCUT2D eigenvalue weighted by molar-refractivity contribution is 0.0727. The molecule has 2 aromatic rings. The lowest BCUT2D eigenvalue weighted by Gasteiger charge is -2.32. The predicted octanol–water partition coefficient (Wildman–Crippen LogP) is 8.37. The summed E-state index contributed by atoms with van der Waals surface area (Å²) in [5, 5.41) is 19.6. The molecule has 2 N–H and O–H groups in total. The summed E-state index contributed by atoms with van der Waals surface area (Å²) < 4.78 is 57.8. The molecule has 2 aliphatic carbocycles. The Bertz CT molecular complexity index is 1070. The lowest BCUT2D eigenvalue weighted by atomic mass is 9.75. The number of hydrogen-bond acceptors (Lipinski definition) is 2. The first kappa shape index (κ1) is 26.7. The summed E-state index contributed by atoms with van der Waals surface area (Å²) in [4.78, 5) is 0. The van der Waals surface area contributed by atoms with Crippen molar-refractivity contribution in [2.24, 2.45) is 11.8 Å². The molecule has 0 spiro atoms. The molecule has 0 aliphatic heterocycles. The average Bonchev–Trinajstić information content (AvgIpc) is 2.89. The van der Waals surface area contributed by atoms with Gasteiger partial charge in [-0.05, 0) is 98.7 Å². The molecule has 0 radical (unpaired) electrons. The molecule has 4 rings (SSSR count). The standard InChI is InChI=1S/C30H36F4O2/c1-2-3-25(35)21-12-10-20(11-13-21)23-15-14-22(27(31)28(23)32)9-6-18-4-7-19(8-5-18)24-16-17-26(36)30(34)29(24)33/h6,9,14-21,25,35-36H,2-5,7-8,10-13H2,1H3/b9-6+. The first-order valence-electron chi connectivity index (χ1n) is 13.3. The highest BCUT2D eigenvalue weighted by molar-refractivity contribution is 5.52. The Morgan fingerprint density at radius 1 is 0.778 bits per heavy atom. The van der Waals surface area contributed by atoms with Gasteiger partial charge in [-0.15, -0.1) is 0 Å². The van der Waals surface area contributed by atoms with E-state index in [9.17, 15) is 27.8 Å². The first-order chi connectivity index (χ1) is 17.3. The molecule has 0 aromatic heterocycles. The summed E-state index contributed by atoms with van der Waals surface area (Å²) in [6, 6.07) is 5.96. The Balaban J connectivity index is 1.35. The van der Waals surface area contributed by atoms with Crippen molar-refractivity contribution in [1.82, 2.24) is 0 Å². The number of halogens is 4. The van der Waals surface area contributed by atoms with Gasteiger partial charge in [0.2, 0.25) is 5.82 Å². The van der Waals surface area contributed by atoms with Crippen LogP contribution in [0, 0.1) is 35.1 Å². The van der Waals surface area contributed by atoms with Crippen molar-refractivity contribution in [3.63, 3.8) is 0 Å². The van der Waals surface area contributed by atoms with Crippen molar-refractivity contribution in [2.45, 2.75) is 89.1 Å². The molecule has 2 aromatic carbocycles. The van der Waals surface area contributed by atoms with Gasteiger partial charge in [-0.1, -0.05) is 43.7 Å². The van der Waals surface area contributed by atoms with Gasteiger partial charge in [0.25, 0.3) is 0 Å². The topological polar surface area (TPSA) is 40.5 Å². The van der Waals surface area contributed by atoms with Gasteiger partial charge in [0, 0.05) is 5.56 Å². The fourth-order valence-corrected chi connectivity index (χ4v) is 6.10. The van der Waals surface area contributed by atoms with Crippen LogP contribution in [0.4, 0.5) is 17.6 Å². The number of phenolic OH excluding ortho intramolecular Hbond substituents is 1. The largest absolute Gasteiger partial charge is 0.505 e. The number of rotatable bonds is 7. The maximum Gasteiger partial charge on any atom is 0.200 e. The van der Waals surface area contributed by atoms with Gasteiger partial charge in [0.1, 0.15) is 0 Å². The summed E-state index contributed by atoms with van der Waals surface area (Å²) in [5.41, 5.74) is 0.930. The Hall–Kier alpha value is -2.34. The molecular formula is C30H36F4O2. The van der Waals surface area contributed by atoms with E-state index in [0.717, 1.165) is 51.4 Å². The van der Waals surface area contributed by atoms with Crippen LogP contribution in [0.1, 0.15) is 99.7 Å². The van der Waals surface area contributed by atoms with Gasteiger partial charge in [-0.2, -0.15) is 4.39 Å². The molecule has 0 saturated heterocycles. The molecule has 1 atom stereocenters. The molecule has 0 heterocycles. The zero-order valence-corrected chi connectivity index (χ0v) is 20.8. The third kappa shape index (κ3) is 5.80. The van der Waals surface area contributed by atoms with E-state index in [2.05, 4.69) is 6.92 Å².